The van der Waals surface area contributed by atoms with Crippen LogP contribution in [0.1, 0.15) is 23.3 Å². The van der Waals surface area contributed by atoms with Gasteiger partial charge in [0.15, 0.2) is 0 Å². The molecule has 0 aliphatic carbocycles. The number of hydrogen-bond donors (Lipinski definition) is 1. The highest BCUT2D eigenvalue weighted by atomic mass is 32.1. The first kappa shape index (κ1) is 18.3. The van der Waals surface area contributed by atoms with Crippen LogP contribution in [0.5, 0.6) is 0 Å². The van der Waals surface area contributed by atoms with Gasteiger partial charge in [0.1, 0.15) is 0 Å². The van der Waals surface area contributed by atoms with E-state index in [0.29, 0.717) is 12.3 Å². The quantitative estimate of drug-likeness (QED) is 0.817. The molecule has 6 rings (SSSR count). The first-order valence-electron chi connectivity index (χ1n) is 10.5. The number of carbonyl (C=O) groups is 1. The molecule has 148 valence electrons. The van der Waals surface area contributed by atoms with E-state index >= 15 is 0 Å². The van der Waals surface area contributed by atoms with Crippen molar-refractivity contribution >= 4 is 17.2 Å². The molecule has 1 aromatic carbocycles. The molecule has 1 amide bonds. The Morgan fingerprint density at radius 3 is 2.50 bits per heavy atom. The summed E-state index contributed by atoms with van der Waals surface area (Å²) in [5.41, 5.74) is 1.41. The minimum atomic E-state index is 0.0162. The summed E-state index contributed by atoms with van der Waals surface area (Å²) in [5.74, 6) is 0.750. The van der Waals surface area contributed by atoms with E-state index in [1.807, 2.05) is 0 Å². The van der Waals surface area contributed by atoms with Crippen molar-refractivity contribution in [3.63, 3.8) is 0 Å². The second kappa shape index (κ2) is 7.62. The first-order valence-corrected chi connectivity index (χ1v) is 11.4. The smallest absolute Gasteiger partial charge is 0.220 e. The fourth-order valence-electron chi connectivity index (χ4n) is 5.69. The molecule has 2 unspecified atom stereocenters. The molecule has 5 heterocycles. The number of nitrogens with zero attached hydrogens (tertiary/aromatic N) is 2. The van der Waals surface area contributed by atoms with Crippen LogP contribution in [0.3, 0.4) is 0 Å². The number of rotatable bonds is 6. The van der Waals surface area contributed by atoms with Crippen molar-refractivity contribution < 1.29 is 4.79 Å². The van der Waals surface area contributed by atoms with Gasteiger partial charge in [0.05, 0.1) is 0 Å². The Morgan fingerprint density at radius 1 is 1.07 bits per heavy atom. The van der Waals surface area contributed by atoms with E-state index < -0.39 is 0 Å². The number of nitrogens with one attached hydrogen (secondary N) is 1. The minimum absolute atomic E-state index is 0.0162. The molecule has 1 N–H and O–H groups in total. The zero-order valence-electron chi connectivity index (χ0n) is 16.3. The summed E-state index contributed by atoms with van der Waals surface area (Å²) >= 11 is 1.79. The zero-order chi connectivity index (χ0) is 19.0. The standard InChI is InChI=1S/C23H29N3OS/c27-21(10-4-8-20-9-5-13-28-20)24-22-18-14-25-11-12-26(15-18)17-23(22,16-25)19-6-2-1-3-7-19/h1-3,5-7,9,13,18,22H,4,8,10-12,14-17H2,(H,24,27)/t18?,22-,23?/m0/s1. The van der Waals surface area contributed by atoms with Crippen LogP contribution >= 0.6 is 11.3 Å². The monoisotopic (exact) mass is 395 g/mol. The Bertz CT molecular complexity index is 791. The fraction of sp³-hybridized carbons (Fsp3) is 0.522. The molecule has 4 nitrogen and oxygen atoms in total. The average molecular weight is 396 g/mol. The Morgan fingerprint density at radius 2 is 1.82 bits per heavy atom. The summed E-state index contributed by atoms with van der Waals surface area (Å²) in [5, 5.41) is 5.63. The van der Waals surface area contributed by atoms with E-state index in [1.54, 1.807) is 11.3 Å². The molecule has 0 spiro atoms. The van der Waals surface area contributed by atoms with Crippen molar-refractivity contribution in [3.8, 4) is 0 Å². The molecule has 4 bridgehead atoms. The molecule has 0 saturated carbocycles. The van der Waals surface area contributed by atoms with Crippen molar-refractivity contribution in [1.82, 2.24) is 15.1 Å². The number of benzene rings is 1. The molecule has 4 saturated heterocycles. The summed E-state index contributed by atoms with van der Waals surface area (Å²) < 4.78 is 0. The molecular formula is C23H29N3OS. The average Bonchev–Trinajstić information content (AvgIpc) is 3.09. The van der Waals surface area contributed by atoms with Crippen LogP contribution in [0.2, 0.25) is 0 Å². The highest BCUT2D eigenvalue weighted by molar-refractivity contribution is 7.09. The lowest BCUT2D eigenvalue weighted by molar-refractivity contribution is -0.124. The molecule has 3 atom stereocenters. The van der Waals surface area contributed by atoms with Crippen LogP contribution in [-0.2, 0) is 16.6 Å². The lowest BCUT2D eigenvalue weighted by Crippen LogP contribution is -2.70. The second-order valence-corrected chi connectivity index (χ2v) is 9.76. The number of amides is 1. The number of thiophene rings is 1. The molecule has 4 fully saturated rings. The van der Waals surface area contributed by atoms with E-state index in [-0.39, 0.29) is 17.4 Å². The van der Waals surface area contributed by atoms with Gasteiger partial charge in [-0.2, -0.15) is 0 Å². The van der Waals surface area contributed by atoms with Gasteiger partial charge in [0.25, 0.3) is 0 Å². The number of aryl methyl sites for hydroxylation is 1. The van der Waals surface area contributed by atoms with E-state index in [2.05, 4.69) is 63.0 Å². The Kier molecular flexibility index (Phi) is 4.99. The van der Waals surface area contributed by atoms with Crippen molar-refractivity contribution in [1.29, 1.82) is 0 Å². The maximum absolute atomic E-state index is 12.9. The van der Waals surface area contributed by atoms with Crippen LogP contribution in [0.15, 0.2) is 47.8 Å². The van der Waals surface area contributed by atoms with Gasteiger partial charge in [-0.15, -0.1) is 11.3 Å². The van der Waals surface area contributed by atoms with Gasteiger partial charge in [-0.3, -0.25) is 4.79 Å². The summed E-state index contributed by atoms with van der Waals surface area (Å²) in [4.78, 5) is 19.5. The number of hydrogen-bond acceptors (Lipinski definition) is 4. The number of piperidine rings is 2. The molecular weight excluding hydrogens is 366 g/mol. The summed E-state index contributed by atoms with van der Waals surface area (Å²) in [6.07, 6.45) is 2.56. The maximum atomic E-state index is 12.9. The lowest BCUT2D eigenvalue weighted by Gasteiger charge is -2.55. The fourth-order valence-corrected chi connectivity index (χ4v) is 6.44. The highest BCUT2D eigenvalue weighted by Gasteiger charge is 2.55. The van der Waals surface area contributed by atoms with Gasteiger partial charge < -0.3 is 15.1 Å². The van der Waals surface area contributed by atoms with E-state index in [9.17, 15) is 4.79 Å². The third kappa shape index (κ3) is 3.40. The van der Waals surface area contributed by atoms with E-state index in [0.717, 1.165) is 52.1 Å². The predicted octanol–water partition coefficient (Wildman–Crippen LogP) is 2.75. The van der Waals surface area contributed by atoms with Crippen LogP contribution in [-0.4, -0.2) is 61.0 Å². The highest BCUT2D eigenvalue weighted by Crippen LogP contribution is 2.43. The molecule has 4 aliphatic rings. The normalized spacial score (nSPS) is 33.6. The first-order chi connectivity index (χ1) is 13.7. The largest absolute Gasteiger partial charge is 0.352 e. The van der Waals surface area contributed by atoms with Crippen molar-refractivity contribution in [2.75, 3.05) is 39.3 Å². The maximum Gasteiger partial charge on any atom is 0.220 e. The second-order valence-electron chi connectivity index (χ2n) is 8.73. The molecule has 4 aliphatic heterocycles. The number of fused-ring (bicyclic) bond motifs is 1. The molecule has 0 radical (unpaired) electrons. The van der Waals surface area contributed by atoms with Gasteiger partial charge in [-0.25, -0.2) is 0 Å². The van der Waals surface area contributed by atoms with Crippen LogP contribution in [0, 0.1) is 5.92 Å². The summed E-state index contributed by atoms with van der Waals surface area (Å²) in [7, 11) is 0. The Balaban J connectivity index is 1.34. The minimum Gasteiger partial charge on any atom is -0.352 e. The van der Waals surface area contributed by atoms with E-state index in [4.69, 9.17) is 0 Å². The van der Waals surface area contributed by atoms with Gasteiger partial charge in [0, 0.05) is 67.9 Å². The van der Waals surface area contributed by atoms with Crippen molar-refractivity contribution in [2.45, 2.75) is 30.7 Å². The van der Waals surface area contributed by atoms with Gasteiger partial charge >= 0.3 is 0 Å². The third-order valence-electron chi connectivity index (χ3n) is 6.87. The van der Waals surface area contributed by atoms with Gasteiger partial charge in [-0.05, 0) is 29.9 Å². The molecule has 28 heavy (non-hydrogen) atoms. The Hall–Kier alpha value is -1.69. The van der Waals surface area contributed by atoms with Gasteiger partial charge in [-0.1, -0.05) is 36.4 Å². The predicted molar refractivity (Wildman–Crippen MR) is 114 cm³/mol. The summed E-state index contributed by atoms with van der Waals surface area (Å²) in [6, 6.07) is 15.4. The van der Waals surface area contributed by atoms with E-state index in [1.165, 1.54) is 10.4 Å². The number of carbonyl (C=O) groups excluding carboxylic acids is 1. The van der Waals surface area contributed by atoms with Crippen LogP contribution in [0.4, 0.5) is 0 Å². The zero-order valence-corrected chi connectivity index (χ0v) is 17.2. The molecule has 2 aromatic rings. The van der Waals surface area contributed by atoms with Gasteiger partial charge in [0.2, 0.25) is 5.91 Å². The van der Waals surface area contributed by atoms with Crippen LogP contribution in [0.25, 0.3) is 0 Å². The van der Waals surface area contributed by atoms with Crippen molar-refractivity contribution in [2.24, 2.45) is 5.92 Å². The summed E-state index contributed by atoms with van der Waals surface area (Å²) in [6.45, 7) is 6.67. The van der Waals surface area contributed by atoms with Crippen LogP contribution < -0.4 is 5.32 Å². The van der Waals surface area contributed by atoms with Crippen molar-refractivity contribution in [3.05, 3.63) is 58.3 Å². The molecule has 5 heteroatoms. The topological polar surface area (TPSA) is 35.6 Å². The lowest BCUT2D eigenvalue weighted by atomic mass is 9.64. The third-order valence-corrected chi connectivity index (χ3v) is 7.80. The Labute approximate surface area is 171 Å². The molecule has 1 aromatic heterocycles. The SMILES string of the molecule is O=C(CCCc1cccs1)N[C@H]1C2CN3CCN(C2)CC1(c1ccccc1)C3.